The van der Waals surface area contributed by atoms with Gasteiger partial charge in [-0.05, 0) is 26.7 Å². The fourth-order valence-electron chi connectivity index (χ4n) is 2.44. The van der Waals surface area contributed by atoms with Crippen molar-refractivity contribution < 1.29 is 8.42 Å². The average molecular weight is 272 g/mol. The van der Waals surface area contributed by atoms with Crippen LogP contribution in [0.3, 0.4) is 0 Å². The summed E-state index contributed by atoms with van der Waals surface area (Å²) in [6.45, 7) is 3.91. The summed E-state index contributed by atoms with van der Waals surface area (Å²) in [6.07, 6.45) is 3.17. The number of nitrogens with zero attached hydrogens (tertiary/aromatic N) is 2. The van der Waals surface area contributed by atoms with E-state index < -0.39 is 16.2 Å². The van der Waals surface area contributed by atoms with E-state index in [2.05, 4.69) is 10.2 Å². The molecule has 0 amide bonds. The molecule has 7 heteroatoms. The highest BCUT2D eigenvalue weighted by atomic mass is 32.2. The number of rotatable bonds is 2. The van der Waals surface area contributed by atoms with E-state index >= 15 is 0 Å². The van der Waals surface area contributed by atoms with Crippen molar-refractivity contribution in [1.29, 1.82) is 0 Å². The van der Waals surface area contributed by atoms with Gasteiger partial charge in [0.1, 0.15) is 4.90 Å². The molecule has 1 unspecified atom stereocenters. The van der Waals surface area contributed by atoms with Gasteiger partial charge in [-0.1, -0.05) is 12.8 Å². The monoisotopic (exact) mass is 272 g/mol. The van der Waals surface area contributed by atoms with Crippen molar-refractivity contribution in [1.82, 2.24) is 14.5 Å². The van der Waals surface area contributed by atoms with Crippen LogP contribution in [0.2, 0.25) is 0 Å². The Labute approximate surface area is 108 Å². The van der Waals surface area contributed by atoms with E-state index in [4.69, 9.17) is 5.73 Å². The maximum absolute atomic E-state index is 12.6. The van der Waals surface area contributed by atoms with Crippen LogP contribution in [0.4, 0.5) is 0 Å². The molecular weight excluding hydrogens is 252 g/mol. The van der Waals surface area contributed by atoms with Crippen molar-refractivity contribution in [2.45, 2.75) is 50.6 Å². The molecule has 0 aromatic carbocycles. The number of H-pyrrole nitrogens is 1. The van der Waals surface area contributed by atoms with Gasteiger partial charge in [0, 0.05) is 6.54 Å². The number of aromatic amines is 1. The number of nitrogens with two attached hydrogens (primary N) is 1. The zero-order valence-electron chi connectivity index (χ0n) is 10.8. The Morgan fingerprint density at radius 2 is 2.06 bits per heavy atom. The molecule has 1 saturated heterocycles. The lowest BCUT2D eigenvalue weighted by molar-refractivity contribution is 0.329. The lowest BCUT2D eigenvalue weighted by atomic mass is 10.2. The van der Waals surface area contributed by atoms with Crippen LogP contribution in [0.5, 0.6) is 0 Å². The van der Waals surface area contributed by atoms with Crippen LogP contribution < -0.4 is 5.73 Å². The summed E-state index contributed by atoms with van der Waals surface area (Å²) in [4.78, 5) is 0.278. The molecule has 0 spiro atoms. The van der Waals surface area contributed by atoms with E-state index in [-0.39, 0.29) is 4.90 Å². The van der Waals surface area contributed by atoms with Crippen molar-refractivity contribution in [3.8, 4) is 0 Å². The first-order valence-electron chi connectivity index (χ1n) is 6.23. The molecule has 2 rings (SSSR count). The second kappa shape index (κ2) is 4.99. The molecule has 1 aliphatic rings. The van der Waals surface area contributed by atoms with Crippen molar-refractivity contribution in [3.63, 3.8) is 0 Å². The first kappa shape index (κ1) is 13.5. The summed E-state index contributed by atoms with van der Waals surface area (Å²) < 4.78 is 26.7. The van der Waals surface area contributed by atoms with Crippen molar-refractivity contribution in [2.24, 2.45) is 5.73 Å². The standard InChI is InChI=1S/C11H20N4O2S/c1-8-11(9(2)14-13-8)18(16,17)15-7-5-3-4-6-10(15)12/h10H,3-7,12H2,1-2H3,(H,13,14). The predicted octanol–water partition coefficient (Wildman–Crippen LogP) is 0.876. The largest absolute Gasteiger partial charge is 0.315 e. The molecule has 1 atom stereocenters. The van der Waals surface area contributed by atoms with Crippen molar-refractivity contribution in [2.75, 3.05) is 6.54 Å². The van der Waals surface area contributed by atoms with Gasteiger partial charge in [-0.15, -0.1) is 0 Å². The second-order valence-electron chi connectivity index (χ2n) is 4.80. The van der Waals surface area contributed by atoms with Gasteiger partial charge in [0.25, 0.3) is 0 Å². The molecular formula is C11H20N4O2S. The molecule has 0 bridgehead atoms. The Hall–Kier alpha value is -0.920. The molecule has 6 nitrogen and oxygen atoms in total. The van der Waals surface area contributed by atoms with Gasteiger partial charge in [-0.3, -0.25) is 5.10 Å². The molecule has 1 aromatic rings. The summed E-state index contributed by atoms with van der Waals surface area (Å²) in [5, 5.41) is 6.67. The van der Waals surface area contributed by atoms with Crippen LogP contribution in [-0.4, -0.2) is 35.6 Å². The van der Waals surface area contributed by atoms with Gasteiger partial charge in [-0.2, -0.15) is 9.40 Å². The van der Waals surface area contributed by atoms with Gasteiger partial charge in [0.2, 0.25) is 10.0 Å². The average Bonchev–Trinajstić information content (AvgIpc) is 2.50. The molecule has 3 N–H and O–H groups in total. The Morgan fingerprint density at radius 1 is 1.33 bits per heavy atom. The molecule has 1 fully saturated rings. The van der Waals surface area contributed by atoms with Crippen LogP contribution in [0, 0.1) is 13.8 Å². The zero-order valence-corrected chi connectivity index (χ0v) is 11.6. The number of nitrogens with one attached hydrogen (secondary N) is 1. The third-order valence-electron chi connectivity index (χ3n) is 3.38. The van der Waals surface area contributed by atoms with E-state index in [0.29, 0.717) is 17.9 Å². The maximum atomic E-state index is 12.6. The van der Waals surface area contributed by atoms with E-state index in [0.717, 1.165) is 25.7 Å². The second-order valence-corrected chi connectivity index (χ2v) is 6.62. The minimum absolute atomic E-state index is 0.278. The first-order chi connectivity index (χ1) is 8.44. The minimum atomic E-state index is -3.54. The molecule has 0 radical (unpaired) electrons. The minimum Gasteiger partial charge on any atom is -0.315 e. The molecule has 1 aliphatic heterocycles. The lowest BCUT2D eigenvalue weighted by Crippen LogP contribution is -2.45. The van der Waals surface area contributed by atoms with Crippen LogP contribution in [0.15, 0.2) is 4.90 Å². The highest BCUT2D eigenvalue weighted by molar-refractivity contribution is 7.89. The normalized spacial score (nSPS) is 22.9. The molecule has 1 aromatic heterocycles. The number of aromatic nitrogens is 2. The van der Waals surface area contributed by atoms with Crippen LogP contribution in [0.1, 0.15) is 37.1 Å². The summed E-state index contributed by atoms with van der Waals surface area (Å²) in [5.41, 5.74) is 7.06. The number of aryl methyl sites for hydroxylation is 2. The lowest BCUT2D eigenvalue weighted by Gasteiger charge is -2.26. The maximum Gasteiger partial charge on any atom is 0.248 e. The quantitative estimate of drug-likeness (QED) is 0.835. The number of hydrogen-bond acceptors (Lipinski definition) is 4. The smallest absolute Gasteiger partial charge is 0.248 e. The van der Waals surface area contributed by atoms with Gasteiger partial charge in [-0.25, -0.2) is 8.42 Å². The number of sulfonamides is 1. The van der Waals surface area contributed by atoms with E-state index in [1.54, 1.807) is 13.8 Å². The topological polar surface area (TPSA) is 92.1 Å². The third-order valence-corrected chi connectivity index (χ3v) is 5.56. The van der Waals surface area contributed by atoms with E-state index in [1.807, 2.05) is 0 Å². The fraction of sp³-hybridized carbons (Fsp3) is 0.727. The highest BCUT2D eigenvalue weighted by Crippen LogP contribution is 2.25. The Bertz CT molecular complexity index is 504. The van der Waals surface area contributed by atoms with E-state index in [9.17, 15) is 8.42 Å². The first-order valence-corrected chi connectivity index (χ1v) is 7.67. The van der Waals surface area contributed by atoms with Gasteiger partial charge >= 0.3 is 0 Å². The molecule has 0 saturated carbocycles. The van der Waals surface area contributed by atoms with Gasteiger partial charge < -0.3 is 5.73 Å². The zero-order chi connectivity index (χ0) is 13.3. The van der Waals surface area contributed by atoms with Crippen molar-refractivity contribution in [3.05, 3.63) is 11.4 Å². The van der Waals surface area contributed by atoms with Gasteiger partial charge in [0.05, 0.1) is 17.6 Å². The van der Waals surface area contributed by atoms with E-state index in [1.165, 1.54) is 4.31 Å². The van der Waals surface area contributed by atoms with Crippen LogP contribution in [0.25, 0.3) is 0 Å². The fourth-order valence-corrected chi connectivity index (χ4v) is 4.36. The summed E-state index contributed by atoms with van der Waals surface area (Å²) >= 11 is 0. The summed E-state index contributed by atoms with van der Waals surface area (Å²) in [7, 11) is -3.54. The third kappa shape index (κ3) is 2.30. The van der Waals surface area contributed by atoms with Crippen LogP contribution in [-0.2, 0) is 10.0 Å². The number of hydrogen-bond donors (Lipinski definition) is 2. The molecule has 18 heavy (non-hydrogen) atoms. The SMILES string of the molecule is Cc1n[nH]c(C)c1S(=O)(=O)N1CCCCCC1N. The van der Waals surface area contributed by atoms with Crippen LogP contribution >= 0.6 is 0 Å². The summed E-state index contributed by atoms with van der Waals surface area (Å²) in [5.74, 6) is 0. The predicted molar refractivity (Wildman–Crippen MR) is 68.4 cm³/mol. The Balaban J connectivity index is 2.41. The molecule has 0 aliphatic carbocycles. The highest BCUT2D eigenvalue weighted by Gasteiger charge is 2.33. The van der Waals surface area contributed by atoms with Gasteiger partial charge in [0.15, 0.2) is 0 Å². The molecule has 2 heterocycles. The Kier molecular flexibility index (Phi) is 3.74. The van der Waals surface area contributed by atoms with Crippen molar-refractivity contribution >= 4 is 10.0 Å². The Morgan fingerprint density at radius 3 is 2.67 bits per heavy atom. The summed E-state index contributed by atoms with van der Waals surface area (Å²) in [6, 6.07) is 0. The molecule has 102 valence electrons.